The number of nitro groups is 1. The van der Waals surface area contributed by atoms with Gasteiger partial charge in [0.1, 0.15) is 4.21 Å². The van der Waals surface area contributed by atoms with E-state index in [4.69, 9.17) is 9.47 Å². The van der Waals surface area contributed by atoms with E-state index in [0.717, 1.165) is 41.8 Å². The van der Waals surface area contributed by atoms with Crippen molar-refractivity contribution in [2.75, 3.05) is 12.1 Å². The largest absolute Gasteiger partial charge is 0.454 e. The summed E-state index contributed by atoms with van der Waals surface area (Å²) in [6.45, 7) is 0.0801. The van der Waals surface area contributed by atoms with E-state index in [9.17, 15) is 23.3 Å². The minimum absolute atomic E-state index is 0.0801. The van der Waals surface area contributed by atoms with Gasteiger partial charge < -0.3 is 9.47 Å². The lowest BCUT2D eigenvalue weighted by atomic mass is 10.2. The number of hydrogen-bond donors (Lipinski definition) is 1. The van der Waals surface area contributed by atoms with Crippen LogP contribution in [0.4, 0.5) is 10.8 Å². The maximum atomic E-state index is 12.7. The van der Waals surface area contributed by atoms with Crippen LogP contribution in [0.25, 0.3) is 0 Å². The van der Waals surface area contributed by atoms with Crippen molar-refractivity contribution < 1.29 is 27.6 Å². The Kier molecular flexibility index (Phi) is 4.64. The summed E-state index contributed by atoms with van der Waals surface area (Å²) in [6.07, 6.45) is 1.12. The molecule has 12 heteroatoms. The van der Waals surface area contributed by atoms with Crippen molar-refractivity contribution in [2.24, 2.45) is 0 Å². The fourth-order valence-electron chi connectivity index (χ4n) is 2.51. The number of thiazole rings is 1. The van der Waals surface area contributed by atoms with Crippen LogP contribution in [-0.4, -0.2) is 31.0 Å². The molecule has 29 heavy (non-hydrogen) atoms. The van der Waals surface area contributed by atoms with Gasteiger partial charge in [0, 0.05) is 17.7 Å². The van der Waals surface area contributed by atoms with Gasteiger partial charge >= 0.3 is 0 Å². The first kappa shape index (κ1) is 18.8. The molecule has 0 bridgehead atoms. The number of non-ortho nitro benzene ring substituents is 1. The van der Waals surface area contributed by atoms with Crippen LogP contribution in [0.5, 0.6) is 11.5 Å². The fourth-order valence-corrected chi connectivity index (χ4v) is 4.94. The van der Waals surface area contributed by atoms with Crippen LogP contribution in [0.1, 0.15) is 10.4 Å². The van der Waals surface area contributed by atoms with E-state index in [-0.39, 0.29) is 26.7 Å². The molecule has 10 nitrogen and oxygen atoms in total. The monoisotopic (exact) mass is 433 g/mol. The van der Waals surface area contributed by atoms with Crippen molar-refractivity contribution in [3.8, 4) is 11.5 Å². The number of amides is 1. The molecule has 0 spiro atoms. The molecule has 0 saturated heterocycles. The second-order valence-electron chi connectivity index (χ2n) is 5.76. The van der Waals surface area contributed by atoms with Crippen molar-refractivity contribution >= 4 is 37.9 Å². The van der Waals surface area contributed by atoms with Crippen LogP contribution in [-0.2, 0) is 9.84 Å². The molecule has 2 heterocycles. The van der Waals surface area contributed by atoms with Gasteiger partial charge in [-0.15, -0.1) is 0 Å². The molecule has 1 N–H and O–H groups in total. The smallest absolute Gasteiger partial charge is 0.269 e. The first-order chi connectivity index (χ1) is 13.8. The van der Waals surface area contributed by atoms with Crippen molar-refractivity contribution in [2.45, 2.75) is 9.10 Å². The molecule has 2 aromatic carbocycles. The molecule has 3 aromatic rings. The number of nitro benzene ring substituents is 1. The van der Waals surface area contributed by atoms with Crippen LogP contribution in [0, 0.1) is 10.1 Å². The summed E-state index contributed by atoms with van der Waals surface area (Å²) in [4.78, 5) is 26.3. The second kappa shape index (κ2) is 7.14. The Balaban J connectivity index is 1.53. The van der Waals surface area contributed by atoms with E-state index < -0.39 is 20.7 Å². The van der Waals surface area contributed by atoms with Crippen molar-refractivity contribution in [3.05, 3.63) is 64.3 Å². The van der Waals surface area contributed by atoms with Gasteiger partial charge in [0.2, 0.25) is 16.6 Å². The molecule has 4 rings (SSSR count). The topological polar surface area (TPSA) is 138 Å². The highest BCUT2D eigenvalue weighted by Crippen LogP contribution is 2.33. The number of rotatable bonds is 5. The van der Waals surface area contributed by atoms with E-state index in [1.54, 1.807) is 12.1 Å². The molecule has 0 fully saturated rings. The van der Waals surface area contributed by atoms with Crippen LogP contribution in [0.3, 0.4) is 0 Å². The Labute approximate surface area is 167 Å². The number of ether oxygens (including phenoxy) is 2. The van der Waals surface area contributed by atoms with Gasteiger partial charge in [-0.2, -0.15) is 0 Å². The molecule has 0 atom stereocenters. The zero-order chi connectivity index (χ0) is 20.6. The Hall–Kier alpha value is -3.51. The SMILES string of the molecule is O=C(Nc1ncc(S(=O)(=O)c2ccc([N+](=O)[O-])cc2)s1)c1ccc2c(c1)OCO2. The van der Waals surface area contributed by atoms with Gasteiger partial charge in [-0.25, -0.2) is 13.4 Å². The van der Waals surface area contributed by atoms with E-state index in [0.29, 0.717) is 17.1 Å². The Morgan fingerprint density at radius 1 is 1.14 bits per heavy atom. The number of fused-ring (bicyclic) bond motifs is 1. The number of hydrogen-bond acceptors (Lipinski definition) is 9. The average molecular weight is 433 g/mol. The fraction of sp³-hybridized carbons (Fsp3) is 0.0588. The van der Waals surface area contributed by atoms with Gasteiger partial charge in [0.15, 0.2) is 16.6 Å². The molecule has 1 aliphatic heterocycles. The molecular formula is C17H11N3O7S2. The van der Waals surface area contributed by atoms with Crippen LogP contribution in [0.2, 0.25) is 0 Å². The van der Waals surface area contributed by atoms with E-state index in [1.165, 1.54) is 6.07 Å². The number of nitrogens with zero attached hydrogens (tertiary/aromatic N) is 2. The number of nitrogens with one attached hydrogen (secondary N) is 1. The summed E-state index contributed by atoms with van der Waals surface area (Å²) >= 11 is 0.773. The summed E-state index contributed by atoms with van der Waals surface area (Å²) in [5, 5.41) is 13.3. The zero-order valence-electron chi connectivity index (χ0n) is 14.4. The Morgan fingerprint density at radius 3 is 2.59 bits per heavy atom. The van der Waals surface area contributed by atoms with Gasteiger partial charge in [-0.3, -0.25) is 20.2 Å². The molecule has 1 aliphatic rings. The van der Waals surface area contributed by atoms with Crippen molar-refractivity contribution in [1.82, 2.24) is 4.98 Å². The molecule has 0 unspecified atom stereocenters. The number of carbonyl (C=O) groups is 1. The van der Waals surface area contributed by atoms with E-state index in [1.807, 2.05) is 0 Å². The third kappa shape index (κ3) is 3.62. The number of sulfone groups is 1. The molecule has 0 aliphatic carbocycles. The third-order valence-electron chi connectivity index (χ3n) is 3.96. The maximum Gasteiger partial charge on any atom is 0.269 e. The quantitative estimate of drug-likeness (QED) is 0.479. The average Bonchev–Trinajstić information content (AvgIpc) is 3.37. The first-order valence-corrected chi connectivity index (χ1v) is 10.3. The summed E-state index contributed by atoms with van der Waals surface area (Å²) in [5.74, 6) is 0.488. The summed E-state index contributed by atoms with van der Waals surface area (Å²) in [5.41, 5.74) is 0.0779. The predicted octanol–water partition coefficient (Wildman–Crippen LogP) is 2.87. The van der Waals surface area contributed by atoms with Gasteiger partial charge in [-0.05, 0) is 30.3 Å². The summed E-state index contributed by atoms with van der Waals surface area (Å²) < 4.78 is 35.6. The number of aromatic nitrogens is 1. The highest BCUT2D eigenvalue weighted by Gasteiger charge is 2.23. The third-order valence-corrected chi connectivity index (χ3v) is 7.11. The molecule has 148 valence electrons. The lowest BCUT2D eigenvalue weighted by Crippen LogP contribution is -2.11. The van der Waals surface area contributed by atoms with Crippen LogP contribution < -0.4 is 14.8 Å². The van der Waals surface area contributed by atoms with Gasteiger partial charge in [-0.1, -0.05) is 11.3 Å². The molecule has 1 amide bonds. The highest BCUT2D eigenvalue weighted by atomic mass is 32.2. The molecule has 0 radical (unpaired) electrons. The minimum Gasteiger partial charge on any atom is -0.454 e. The van der Waals surface area contributed by atoms with E-state index in [2.05, 4.69) is 10.3 Å². The number of anilines is 1. The highest BCUT2D eigenvalue weighted by molar-refractivity contribution is 7.93. The Bertz CT molecular complexity index is 1220. The first-order valence-electron chi connectivity index (χ1n) is 8.01. The van der Waals surface area contributed by atoms with Crippen LogP contribution >= 0.6 is 11.3 Å². The summed E-state index contributed by atoms with van der Waals surface area (Å²) in [7, 11) is -3.92. The summed E-state index contributed by atoms with van der Waals surface area (Å²) in [6, 6.07) is 9.18. The molecule has 1 aromatic heterocycles. The molecular weight excluding hydrogens is 422 g/mol. The molecule has 0 saturated carbocycles. The van der Waals surface area contributed by atoms with Gasteiger partial charge in [0.05, 0.1) is 16.0 Å². The van der Waals surface area contributed by atoms with E-state index >= 15 is 0 Å². The van der Waals surface area contributed by atoms with Crippen molar-refractivity contribution in [3.63, 3.8) is 0 Å². The minimum atomic E-state index is -3.92. The van der Waals surface area contributed by atoms with Crippen LogP contribution in [0.15, 0.2) is 57.8 Å². The second-order valence-corrected chi connectivity index (χ2v) is 8.97. The normalized spacial score (nSPS) is 12.6. The number of benzene rings is 2. The Morgan fingerprint density at radius 2 is 1.86 bits per heavy atom. The zero-order valence-corrected chi connectivity index (χ0v) is 16.0. The standard InChI is InChI=1S/C17H11N3O7S2/c21-16(10-1-6-13-14(7-10)27-9-26-13)19-17-18-8-15(28-17)29(24,25)12-4-2-11(3-5-12)20(22)23/h1-8H,9H2,(H,18,19,21). The lowest BCUT2D eigenvalue weighted by molar-refractivity contribution is -0.384. The van der Waals surface area contributed by atoms with Crippen molar-refractivity contribution in [1.29, 1.82) is 0 Å². The number of carbonyl (C=O) groups excluding carboxylic acids is 1. The maximum absolute atomic E-state index is 12.7. The van der Waals surface area contributed by atoms with Gasteiger partial charge in [0.25, 0.3) is 11.6 Å². The predicted molar refractivity (Wildman–Crippen MR) is 101 cm³/mol. The lowest BCUT2D eigenvalue weighted by Gasteiger charge is -2.03.